The maximum absolute atomic E-state index is 13.3. The maximum atomic E-state index is 13.3. The van der Waals surface area contributed by atoms with Gasteiger partial charge < -0.3 is 14.8 Å². The van der Waals surface area contributed by atoms with Gasteiger partial charge in [-0.2, -0.15) is 0 Å². The van der Waals surface area contributed by atoms with Crippen LogP contribution in [0.1, 0.15) is 39.0 Å². The normalized spacial score (nSPS) is 13.0. The summed E-state index contributed by atoms with van der Waals surface area (Å²) in [5, 5.41) is 5.45. The Bertz CT molecular complexity index is 1120. The fourth-order valence-electron chi connectivity index (χ4n) is 3.70. The molecule has 0 radical (unpaired) electrons. The number of nitrogens with one attached hydrogen (secondary N) is 1. The van der Waals surface area contributed by atoms with Gasteiger partial charge in [0.1, 0.15) is 10.6 Å². The van der Waals surface area contributed by atoms with E-state index < -0.39 is 5.91 Å². The van der Waals surface area contributed by atoms with Crippen LogP contribution in [0.15, 0.2) is 52.9 Å². The SMILES string of the molecule is CC(=O)N1CCc2c(cn(Cc3ccccc3)c(=O)c2C(=O)NCc2nccs2)C1. The number of amides is 2. The molecule has 30 heavy (non-hydrogen) atoms. The molecule has 2 amide bonds. The minimum Gasteiger partial charge on any atom is -0.345 e. The third-order valence-electron chi connectivity index (χ3n) is 5.22. The summed E-state index contributed by atoms with van der Waals surface area (Å²) < 4.78 is 1.57. The first kappa shape index (κ1) is 20.0. The number of rotatable bonds is 5. The van der Waals surface area contributed by atoms with Gasteiger partial charge in [0.2, 0.25) is 5.91 Å². The second-order valence-electron chi connectivity index (χ2n) is 7.23. The molecule has 0 fully saturated rings. The minimum atomic E-state index is -0.398. The van der Waals surface area contributed by atoms with Gasteiger partial charge in [-0.1, -0.05) is 30.3 Å². The lowest BCUT2D eigenvalue weighted by molar-refractivity contribution is -0.129. The molecule has 0 saturated heterocycles. The van der Waals surface area contributed by atoms with E-state index in [1.165, 1.54) is 18.3 Å². The first-order valence-corrected chi connectivity index (χ1v) is 10.6. The van der Waals surface area contributed by atoms with Crippen molar-refractivity contribution in [3.05, 3.63) is 85.7 Å². The molecule has 2 aromatic heterocycles. The van der Waals surface area contributed by atoms with Crippen LogP contribution in [0.5, 0.6) is 0 Å². The lowest BCUT2D eigenvalue weighted by Gasteiger charge is -2.29. The maximum Gasteiger partial charge on any atom is 0.264 e. The highest BCUT2D eigenvalue weighted by molar-refractivity contribution is 7.09. The average molecular weight is 423 g/mol. The summed E-state index contributed by atoms with van der Waals surface area (Å²) in [4.78, 5) is 44.1. The van der Waals surface area contributed by atoms with Crippen LogP contribution in [-0.4, -0.2) is 32.8 Å². The van der Waals surface area contributed by atoms with Gasteiger partial charge in [0.25, 0.3) is 11.5 Å². The molecule has 1 aromatic carbocycles. The predicted octanol–water partition coefficient (Wildman–Crippen LogP) is 2.19. The van der Waals surface area contributed by atoms with E-state index in [1.807, 2.05) is 35.7 Å². The Morgan fingerprint density at radius 3 is 2.73 bits per heavy atom. The fraction of sp³-hybridized carbons (Fsp3) is 0.273. The first-order valence-electron chi connectivity index (χ1n) is 9.74. The number of fused-ring (bicyclic) bond motifs is 1. The van der Waals surface area contributed by atoms with Crippen molar-refractivity contribution in [1.29, 1.82) is 0 Å². The Hall–Kier alpha value is -3.26. The zero-order valence-corrected chi connectivity index (χ0v) is 17.4. The van der Waals surface area contributed by atoms with E-state index >= 15 is 0 Å². The summed E-state index contributed by atoms with van der Waals surface area (Å²) in [6, 6.07) is 9.63. The van der Waals surface area contributed by atoms with Crippen molar-refractivity contribution >= 4 is 23.2 Å². The summed E-state index contributed by atoms with van der Waals surface area (Å²) in [5.74, 6) is -0.415. The van der Waals surface area contributed by atoms with E-state index in [4.69, 9.17) is 0 Å². The van der Waals surface area contributed by atoms with E-state index in [1.54, 1.807) is 21.9 Å². The number of carbonyl (C=O) groups is 2. The van der Waals surface area contributed by atoms with Crippen molar-refractivity contribution in [2.75, 3.05) is 6.54 Å². The van der Waals surface area contributed by atoms with Crippen molar-refractivity contribution in [3.63, 3.8) is 0 Å². The number of hydrogen-bond donors (Lipinski definition) is 1. The van der Waals surface area contributed by atoms with Crippen molar-refractivity contribution in [2.45, 2.75) is 33.0 Å². The van der Waals surface area contributed by atoms with Crippen LogP contribution in [0.4, 0.5) is 0 Å². The van der Waals surface area contributed by atoms with Gasteiger partial charge in [-0.3, -0.25) is 14.4 Å². The number of aromatic nitrogens is 2. The molecule has 0 saturated carbocycles. The molecule has 0 aliphatic carbocycles. The molecule has 1 aliphatic heterocycles. The highest BCUT2D eigenvalue weighted by atomic mass is 32.1. The molecule has 0 unspecified atom stereocenters. The van der Waals surface area contributed by atoms with E-state index in [-0.39, 0.29) is 23.6 Å². The minimum absolute atomic E-state index is 0.0174. The van der Waals surface area contributed by atoms with Crippen LogP contribution in [0.3, 0.4) is 0 Å². The highest BCUT2D eigenvalue weighted by Crippen LogP contribution is 2.21. The fourth-order valence-corrected chi connectivity index (χ4v) is 4.25. The van der Waals surface area contributed by atoms with Crippen molar-refractivity contribution in [2.24, 2.45) is 0 Å². The molecule has 0 atom stereocenters. The molecule has 8 heteroatoms. The predicted molar refractivity (Wildman–Crippen MR) is 114 cm³/mol. The van der Waals surface area contributed by atoms with E-state index in [0.29, 0.717) is 26.1 Å². The standard InChI is InChI=1S/C22H22N4O3S/c1-15(27)25-9-7-18-17(13-25)14-26(12-16-5-3-2-4-6-16)22(29)20(18)21(28)24-11-19-23-8-10-30-19/h2-6,8,10,14H,7,9,11-13H2,1H3,(H,24,28). The van der Waals surface area contributed by atoms with E-state index in [2.05, 4.69) is 10.3 Å². The molecule has 0 spiro atoms. The number of nitrogens with zero attached hydrogens (tertiary/aromatic N) is 3. The Kier molecular flexibility index (Phi) is 5.76. The van der Waals surface area contributed by atoms with Crippen LogP contribution >= 0.6 is 11.3 Å². The molecule has 4 rings (SSSR count). The Morgan fingerprint density at radius 2 is 2.03 bits per heavy atom. The molecular formula is C22H22N4O3S. The Morgan fingerprint density at radius 1 is 1.23 bits per heavy atom. The quantitative estimate of drug-likeness (QED) is 0.683. The average Bonchev–Trinajstić information content (AvgIpc) is 3.27. The number of thiazole rings is 1. The molecule has 0 bridgehead atoms. The molecule has 1 aliphatic rings. The van der Waals surface area contributed by atoms with Crippen LogP contribution in [0.25, 0.3) is 0 Å². The largest absolute Gasteiger partial charge is 0.345 e. The lowest BCUT2D eigenvalue weighted by atomic mass is 9.96. The van der Waals surface area contributed by atoms with Crippen LogP contribution in [-0.2, 0) is 30.8 Å². The second-order valence-corrected chi connectivity index (χ2v) is 8.20. The molecule has 1 N–H and O–H groups in total. The van der Waals surface area contributed by atoms with Gasteiger partial charge >= 0.3 is 0 Å². The zero-order chi connectivity index (χ0) is 21.1. The van der Waals surface area contributed by atoms with E-state index in [9.17, 15) is 14.4 Å². The summed E-state index contributed by atoms with van der Waals surface area (Å²) in [6.07, 6.45) is 3.95. The number of pyridine rings is 1. The number of carbonyl (C=O) groups excluding carboxylic acids is 2. The first-order chi connectivity index (χ1) is 14.5. The molecule has 154 valence electrons. The van der Waals surface area contributed by atoms with Crippen LogP contribution in [0, 0.1) is 0 Å². The summed E-state index contributed by atoms with van der Waals surface area (Å²) >= 11 is 1.45. The van der Waals surface area contributed by atoms with Crippen molar-refractivity contribution < 1.29 is 9.59 Å². The molecular weight excluding hydrogens is 400 g/mol. The zero-order valence-electron chi connectivity index (χ0n) is 16.6. The van der Waals surface area contributed by atoms with Gasteiger partial charge in [0.05, 0.1) is 13.1 Å². The monoisotopic (exact) mass is 422 g/mol. The van der Waals surface area contributed by atoms with Crippen molar-refractivity contribution in [1.82, 2.24) is 19.8 Å². The van der Waals surface area contributed by atoms with Crippen LogP contribution in [0.2, 0.25) is 0 Å². The van der Waals surface area contributed by atoms with Gasteiger partial charge in [0.15, 0.2) is 0 Å². The number of hydrogen-bond acceptors (Lipinski definition) is 5. The lowest BCUT2D eigenvalue weighted by Crippen LogP contribution is -2.40. The molecule has 3 heterocycles. The second kappa shape index (κ2) is 8.62. The highest BCUT2D eigenvalue weighted by Gasteiger charge is 2.27. The van der Waals surface area contributed by atoms with Gasteiger partial charge in [0, 0.05) is 37.8 Å². The summed E-state index contributed by atoms with van der Waals surface area (Å²) in [7, 11) is 0. The van der Waals surface area contributed by atoms with E-state index in [0.717, 1.165) is 21.7 Å². The topological polar surface area (TPSA) is 84.3 Å². The Labute approximate surface area is 178 Å². The van der Waals surface area contributed by atoms with Gasteiger partial charge in [-0.05, 0) is 23.1 Å². The van der Waals surface area contributed by atoms with Gasteiger partial charge in [-0.15, -0.1) is 11.3 Å². The third-order valence-corrected chi connectivity index (χ3v) is 6.00. The Balaban J connectivity index is 1.72. The molecule has 7 nitrogen and oxygen atoms in total. The smallest absolute Gasteiger partial charge is 0.264 e. The third kappa shape index (κ3) is 4.18. The van der Waals surface area contributed by atoms with Crippen molar-refractivity contribution in [3.8, 4) is 0 Å². The summed E-state index contributed by atoms with van der Waals surface area (Å²) in [6.45, 7) is 3.06. The van der Waals surface area contributed by atoms with Crippen LogP contribution < -0.4 is 10.9 Å². The summed E-state index contributed by atoms with van der Waals surface area (Å²) in [5.41, 5.74) is 2.39. The van der Waals surface area contributed by atoms with Gasteiger partial charge in [-0.25, -0.2) is 4.98 Å². The number of benzene rings is 1. The molecule has 3 aromatic rings.